The third kappa shape index (κ3) is 1.80. The van der Waals surface area contributed by atoms with Gasteiger partial charge in [0.25, 0.3) is 17.5 Å². The fraction of sp³-hybridized carbons (Fsp3) is 0.421. The first-order valence-corrected chi connectivity index (χ1v) is 8.79. The van der Waals surface area contributed by atoms with Gasteiger partial charge in [-0.3, -0.25) is 19.7 Å². The van der Waals surface area contributed by atoms with Gasteiger partial charge in [0.15, 0.2) is 0 Å². The average Bonchev–Trinajstić information content (AvgIpc) is 3.21. The van der Waals surface area contributed by atoms with Crippen LogP contribution in [0.5, 0.6) is 0 Å². The van der Waals surface area contributed by atoms with E-state index in [-0.39, 0.29) is 46.6 Å². The summed E-state index contributed by atoms with van der Waals surface area (Å²) in [5.74, 6) is -0.722. The van der Waals surface area contributed by atoms with Crippen LogP contribution in [-0.2, 0) is 9.59 Å². The van der Waals surface area contributed by atoms with Crippen LogP contribution in [0.2, 0.25) is 0 Å². The number of nitro benzene ring substituents is 1. The number of benzene rings is 1. The number of amides is 2. The second kappa shape index (κ2) is 4.87. The second-order valence-electron chi connectivity index (χ2n) is 7.76. The van der Waals surface area contributed by atoms with Crippen molar-refractivity contribution in [2.75, 3.05) is 0 Å². The Labute approximate surface area is 149 Å². The lowest BCUT2D eigenvalue weighted by Crippen LogP contribution is -2.30. The largest absolute Gasteiger partial charge is 0.272 e. The maximum atomic E-state index is 12.8. The van der Waals surface area contributed by atoms with Crippen molar-refractivity contribution in [1.29, 1.82) is 0 Å². The zero-order valence-electron chi connectivity index (χ0n) is 14.2. The van der Waals surface area contributed by atoms with Gasteiger partial charge in [-0.2, -0.15) is 10.1 Å². The van der Waals surface area contributed by atoms with Crippen LogP contribution in [0.25, 0.3) is 0 Å². The van der Waals surface area contributed by atoms with Crippen LogP contribution in [0.1, 0.15) is 24.0 Å². The molecule has 1 saturated heterocycles. The molecule has 2 saturated carbocycles. The zero-order chi connectivity index (χ0) is 18.2. The Bertz CT molecular complexity index is 897. The number of allylic oxidation sites excluding steroid dienone is 2. The maximum Gasteiger partial charge on any atom is 0.272 e. The van der Waals surface area contributed by atoms with Crippen LogP contribution in [0, 0.1) is 46.1 Å². The molecule has 4 atom stereocenters. The number of rotatable bonds is 3. The Morgan fingerprint density at radius 1 is 1.19 bits per heavy atom. The lowest BCUT2D eigenvalue weighted by atomic mass is 9.85. The fourth-order valence-corrected chi connectivity index (χ4v) is 5.20. The number of imide groups is 1. The van der Waals surface area contributed by atoms with E-state index < -0.39 is 4.92 Å². The summed E-state index contributed by atoms with van der Waals surface area (Å²) in [5, 5.41) is 16.1. The summed E-state index contributed by atoms with van der Waals surface area (Å²) in [7, 11) is 0. The van der Waals surface area contributed by atoms with Crippen LogP contribution in [-0.4, -0.2) is 28.0 Å². The van der Waals surface area contributed by atoms with Crippen LogP contribution >= 0.6 is 0 Å². The lowest BCUT2D eigenvalue weighted by Gasteiger charge is -2.18. The van der Waals surface area contributed by atoms with Crippen molar-refractivity contribution < 1.29 is 14.5 Å². The molecule has 1 aromatic carbocycles. The van der Waals surface area contributed by atoms with E-state index in [1.165, 1.54) is 12.3 Å². The Morgan fingerprint density at radius 3 is 2.35 bits per heavy atom. The van der Waals surface area contributed by atoms with E-state index in [4.69, 9.17) is 0 Å². The number of hydrogen-bond acceptors (Lipinski definition) is 5. The van der Waals surface area contributed by atoms with E-state index >= 15 is 0 Å². The summed E-state index contributed by atoms with van der Waals surface area (Å²) < 4.78 is 0. The molecule has 0 N–H and O–H groups in total. The van der Waals surface area contributed by atoms with Gasteiger partial charge in [0.2, 0.25) is 0 Å². The molecule has 5 rings (SSSR count). The van der Waals surface area contributed by atoms with Crippen molar-refractivity contribution in [1.82, 2.24) is 5.01 Å². The molecule has 1 spiro atoms. The number of hydrazone groups is 1. The molecule has 0 unspecified atom stereocenters. The van der Waals surface area contributed by atoms with Gasteiger partial charge in [-0.1, -0.05) is 24.3 Å². The molecule has 4 aliphatic rings. The van der Waals surface area contributed by atoms with Gasteiger partial charge in [0, 0.05) is 17.2 Å². The van der Waals surface area contributed by atoms with Crippen molar-refractivity contribution in [2.45, 2.75) is 19.8 Å². The number of carbonyl (C=O) groups is 2. The van der Waals surface area contributed by atoms with Crippen molar-refractivity contribution >= 4 is 23.7 Å². The summed E-state index contributed by atoms with van der Waals surface area (Å²) in [6, 6.07) is 4.71. The highest BCUT2D eigenvalue weighted by atomic mass is 16.6. The highest BCUT2D eigenvalue weighted by Crippen LogP contribution is 2.73. The summed E-state index contributed by atoms with van der Waals surface area (Å²) in [6.45, 7) is 1.66. The Kier molecular flexibility index (Phi) is 2.89. The number of nitrogens with zero attached hydrogens (tertiary/aromatic N) is 3. The Hall–Kier alpha value is -2.83. The Morgan fingerprint density at radius 2 is 1.81 bits per heavy atom. The first kappa shape index (κ1) is 15.4. The predicted molar refractivity (Wildman–Crippen MR) is 92.0 cm³/mol. The molecule has 0 radical (unpaired) electrons. The van der Waals surface area contributed by atoms with Crippen molar-refractivity contribution in [3.63, 3.8) is 0 Å². The number of carbonyl (C=O) groups excluding carboxylic acids is 2. The van der Waals surface area contributed by atoms with Gasteiger partial charge < -0.3 is 0 Å². The number of fused-ring (bicyclic) bond motifs is 3. The molecule has 26 heavy (non-hydrogen) atoms. The van der Waals surface area contributed by atoms with Crippen LogP contribution < -0.4 is 0 Å². The third-order valence-corrected chi connectivity index (χ3v) is 6.58. The summed E-state index contributed by atoms with van der Waals surface area (Å²) in [5.41, 5.74) is 1.18. The van der Waals surface area contributed by atoms with Gasteiger partial charge in [-0.15, -0.1) is 0 Å². The first-order valence-electron chi connectivity index (χ1n) is 8.79. The highest BCUT2D eigenvalue weighted by Gasteiger charge is 2.73. The summed E-state index contributed by atoms with van der Waals surface area (Å²) >= 11 is 0. The second-order valence-corrected chi connectivity index (χ2v) is 7.76. The first-order chi connectivity index (χ1) is 12.4. The molecule has 1 aromatic rings. The minimum Gasteiger partial charge on any atom is -0.272 e. The number of nitro groups is 1. The molecule has 7 heteroatoms. The molecule has 132 valence electrons. The lowest BCUT2D eigenvalue weighted by molar-refractivity contribution is -0.385. The minimum atomic E-state index is -0.457. The van der Waals surface area contributed by atoms with Crippen molar-refractivity contribution in [3.05, 3.63) is 51.6 Å². The van der Waals surface area contributed by atoms with Gasteiger partial charge in [0.1, 0.15) is 0 Å². The van der Waals surface area contributed by atoms with E-state index in [1.807, 2.05) is 0 Å². The summed E-state index contributed by atoms with van der Waals surface area (Å²) in [4.78, 5) is 36.2. The molecular formula is C19H17N3O4. The van der Waals surface area contributed by atoms with E-state index in [9.17, 15) is 19.7 Å². The SMILES string of the molecule is Cc1ccc(/C=N\N2C(=O)[C@@H]3[C@@H](C2=O)[C@H]2C=C[C@H]3C23CC3)cc1[N+](=O)[O-]. The molecule has 3 aliphatic carbocycles. The quantitative estimate of drug-likeness (QED) is 0.275. The van der Waals surface area contributed by atoms with Gasteiger partial charge in [-0.25, -0.2) is 0 Å². The smallest absolute Gasteiger partial charge is 0.272 e. The van der Waals surface area contributed by atoms with Crippen LogP contribution in [0.3, 0.4) is 0 Å². The van der Waals surface area contributed by atoms with Gasteiger partial charge >= 0.3 is 0 Å². The van der Waals surface area contributed by atoms with Gasteiger partial charge in [-0.05, 0) is 37.0 Å². The minimum absolute atomic E-state index is 0.0113. The third-order valence-electron chi connectivity index (χ3n) is 6.58. The predicted octanol–water partition coefficient (Wildman–Crippen LogP) is 2.43. The molecular weight excluding hydrogens is 334 g/mol. The molecule has 2 amide bonds. The average molecular weight is 351 g/mol. The van der Waals surface area contributed by atoms with Gasteiger partial charge in [0.05, 0.1) is 23.0 Å². The summed E-state index contributed by atoms with van der Waals surface area (Å²) in [6.07, 6.45) is 7.77. The zero-order valence-corrected chi connectivity index (χ0v) is 14.2. The molecule has 1 heterocycles. The molecule has 0 aromatic heterocycles. The van der Waals surface area contributed by atoms with Crippen LogP contribution in [0.15, 0.2) is 35.5 Å². The molecule has 7 nitrogen and oxygen atoms in total. The van der Waals surface area contributed by atoms with Crippen LogP contribution in [0.4, 0.5) is 5.69 Å². The molecule has 1 aliphatic heterocycles. The molecule has 2 bridgehead atoms. The molecule has 3 fully saturated rings. The van der Waals surface area contributed by atoms with Crippen molar-refractivity contribution in [2.24, 2.45) is 34.2 Å². The number of aryl methyl sites for hydroxylation is 1. The van der Waals surface area contributed by atoms with Crippen molar-refractivity contribution in [3.8, 4) is 0 Å². The topological polar surface area (TPSA) is 92.9 Å². The normalized spacial score (nSPS) is 32.9. The highest BCUT2D eigenvalue weighted by molar-refractivity contribution is 6.07. The maximum absolute atomic E-state index is 12.8. The van der Waals surface area contributed by atoms with E-state index in [2.05, 4.69) is 17.3 Å². The Balaban J connectivity index is 1.42. The number of hydrogen-bond donors (Lipinski definition) is 0. The fourth-order valence-electron chi connectivity index (χ4n) is 5.20. The standard InChI is InChI=1S/C19H17N3O4/c1-10-2-3-11(8-14(10)22(25)26)9-20-21-17(23)15-12-4-5-13(16(15)18(21)24)19(12)6-7-19/h2-5,8-9,12-13,15-16H,6-7H2,1H3/b20-9-/t12-,13-,15+,16+/m1/s1. The monoisotopic (exact) mass is 351 g/mol. The van der Waals surface area contributed by atoms with E-state index in [0.717, 1.165) is 17.9 Å². The van der Waals surface area contributed by atoms with E-state index in [1.54, 1.807) is 19.1 Å². The van der Waals surface area contributed by atoms with E-state index in [0.29, 0.717) is 11.1 Å².